The number of nitrogens with zero attached hydrogens (tertiary/aromatic N) is 1. The lowest BCUT2D eigenvalue weighted by atomic mass is 9.80. The third kappa shape index (κ3) is 4.22. The van der Waals surface area contributed by atoms with Crippen molar-refractivity contribution < 1.29 is 4.79 Å². The van der Waals surface area contributed by atoms with E-state index in [1.165, 1.54) is 17.5 Å². The van der Waals surface area contributed by atoms with E-state index in [2.05, 4.69) is 40.5 Å². The Balaban J connectivity index is 1.37. The second kappa shape index (κ2) is 8.06. The maximum atomic E-state index is 11.9. The monoisotopic (exact) mass is 416 g/mol. The van der Waals surface area contributed by atoms with Crippen molar-refractivity contribution in [2.24, 2.45) is 5.92 Å². The number of likely N-dealkylation sites (tertiary alicyclic amines) is 1. The molecular formula is C23H26Cl2N2O. The molecule has 1 aliphatic heterocycles. The average Bonchev–Trinajstić information content (AvgIpc) is 3.45. The first-order chi connectivity index (χ1) is 13.5. The van der Waals surface area contributed by atoms with Crippen LogP contribution in [-0.4, -0.2) is 30.4 Å². The van der Waals surface area contributed by atoms with Crippen molar-refractivity contribution in [1.82, 2.24) is 10.2 Å². The number of hydrogen-bond acceptors (Lipinski definition) is 2. The Morgan fingerprint density at radius 3 is 2.46 bits per heavy atom. The highest BCUT2D eigenvalue weighted by atomic mass is 35.5. The van der Waals surface area contributed by atoms with Crippen LogP contribution in [0.4, 0.5) is 0 Å². The Morgan fingerprint density at radius 1 is 1.11 bits per heavy atom. The Kier molecular flexibility index (Phi) is 5.69. The summed E-state index contributed by atoms with van der Waals surface area (Å²) >= 11 is 12.2. The summed E-state index contributed by atoms with van der Waals surface area (Å²) in [7, 11) is 0. The van der Waals surface area contributed by atoms with Crippen molar-refractivity contribution >= 4 is 29.1 Å². The zero-order valence-electron chi connectivity index (χ0n) is 16.1. The van der Waals surface area contributed by atoms with Gasteiger partial charge in [0.25, 0.3) is 0 Å². The summed E-state index contributed by atoms with van der Waals surface area (Å²) in [6.45, 7) is 4.72. The van der Waals surface area contributed by atoms with E-state index in [-0.39, 0.29) is 11.4 Å². The van der Waals surface area contributed by atoms with Gasteiger partial charge >= 0.3 is 0 Å². The molecule has 3 nitrogen and oxygen atoms in total. The molecule has 1 saturated heterocycles. The van der Waals surface area contributed by atoms with Crippen LogP contribution in [0.15, 0.2) is 48.5 Å². The first-order valence-corrected chi connectivity index (χ1v) is 10.7. The molecule has 28 heavy (non-hydrogen) atoms. The van der Waals surface area contributed by atoms with Crippen LogP contribution in [-0.2, 0) is 10.3 Å². The lowest BCUT2D eigenvalue weighted by Crippen LogP contribution is -2.52. The fraction of sp³-hybridized carbons (Fsp3) is 0.435. The number of halogens is 2. The Morgan fingerprint density at radius 2 is 1.82 bits per heavy atom. The molecule has 2 aromatic carbocycles. The van der Waals surface area contributed by atoms with E-state index >= 15 is 0 Å². The van der Waals surface area contributed by atoms with E-state index in [0.717, 1.165) is 32.5 Å². The number of carbonyl (C=O) groups is 1. The summed E-state index contributed by atoms with van der Waals surface area (Å²) in [5, 5.41) is 4.52. The van der Waals surface area contributed by atoms with Crippen molar-refractivity contribution in [2.45, 2.75) is 37.6 Å². The minimum Gasteiger partial charge on any atom is -0.347 e. The zero-order chi connectivity index (χ0) is 19.7. The number of carbonyl (C=O) groups excluding carboxylic acids is 1. The minimum absolute atomic E-state index is 0.0409. The van der Waals surface area contributed by atoms with Crippen LogP contribution in [0.3, 0.4) is 0 Å². The quantitative estimate of drug-likeness (QED) is 0.723. The van der Waals surface area contributed by atoms with E-state index in [0.29, 0.717) is 21.9 Å². The van der Waals surface area contributed by atoms with Crippen molar-refractivity contribution in [3.8, 4) is 0 Å². The number of piperidine rings is 1. The topological polar surface area (TPSA) is 32.3 Å². The van der Waals surface area contributed by atoms with Crippen molar-refractivity contribution in [3.05, 3.63) is 69.7 Å². The number of benzene rings is 2. The van der Waals surface area contributed by atoms with Gasteiger partial charge in [-0.2, -0.15) is 0 Å². The number of hydrogen-bond donors (Lipinski definition) is 1. The number of nitrogens with one attached hydrogen (secondary N) is 1. The van der Waals surface area contributed by atoms with Gasteiger partial charge < -0.3 is 10.2 Å². The maximum Gasteiger partial charge on any atom is 0.217 e. The largest absolute Gasteiger partial charge is 0.347 e. The van der Waals surface area contributed by atoms with Crippen molar-refractivity contribution in [3.63, 3.8) is 0 Å². The average molecular weight is 417 g/mol. The third-order valence-corrected chi connectivity index (χ3v) is 6.98. The summed E-state index contributed by atoms with van der Waals surface area (Å²) in [6.07, 6.45) is 3.10. The van der Waals surface area contributed by atoms with Gasteiger partial charge in [0.15, 0.2) is 0 Å². The molecule has 4 rings (SSSR count). The molecule has 0 aromatic heterocycles. The van der Waals surface area contributed by atoms with E-state index < -0.39 is 0 Å². The van der Waals surface area contributed by atoms with Gasteiger partial charge in [0.2, 0.25) is 5.91 Å². The van der Waals surface area contributed by atoms with E-state index in [4.69, 9.17) is 23.2 Å². The van der Waals surface area contributed by atoms with E-state index in [1.807, 2.05) is 18.2 Å². The predicted molar refractivity (Wildman–Crippen MR) is 115 cm³/mol. The van der Waals surface area contributed by atoms with Crippen LogP contribution in [0.5, 0.6) is 0 Å². The molecule has 5 heteroatoms. The lowest BCUT2D eigenvalue weighted by molar-refractivity contribution is -0.121. The highest BCUT2D eigenvalue weighted by Gasteiger charge is 2.42. The normalized spacial score (nSPS) is 24.0. The minimum atomic E-state index is -0.240. The van der Waals surface area contributed by atoms with Gasteiger partial charge in [-0.1, -0.05) is 59.6 Å². The third-order valence-electron chi connectivity index (χ3n) is 6.24. The molecule has 1 heterocycles. The fourth-order valence-electron chi connectivity index (χ4n) is 4.63. The molecule has 0 radical (unpaired) electrons. The van der Waals surface area contributed by atoms with Crippen LogP contribution in [0.1, 0.15) is 43.2 Å². The highest BCUT2D eigenvalue weighted by Crippen LogP contribution is 2.49. The predicted octanol–water partition coefficient (Wildman–Crippen LogP) is 5.22. The van der Waals surface area contributed by atoms with Gasteiger partial charge in [0.1, 0.15) is 0 Å². The molecule has 2 aliphatic rings. The maximum absolute atomic E-state index is 11.9. The Labute approximate surface area is 177 Å². The number of amides is 1. The smallest absolute Gasteiger partial charge is 0.217 e. The van der Waals surface area contributed by atoms with Gasteiger partial charge in [-0.25, -0.2) is 0 Å². The van der Waals surface area contributed by atoms with Crippen molar-refractivity contribution in [2.75, 3.05) is 19.6 Å². The molecule has 1 N–H and O–H groups in total. The molecule has 2 aromatic rings. The summed E-state index contributed by atoms with van der Waals surface area (Å²) in [4.78, 5) is 14.4. The summed E-state index contributed by atoms with van der Waals surface area (Å²) < 4.78 is 0. The molecule has 0 spiro atoms. The standard InChI is InChI=1S/C23H26Cl2N2O/c1-16(28)26-23(19-5-3-2-4-6-19)9-11-27(12-10-23)15-18-13-20(18)17-7-8-21(24)22(25)14-17/h2-8,14,18,20H,9-13,15H2,1H3,(H,26,28). The SMILES string of the molecule is CC(=O)NC1(c2ccccc2)CCN(CC2CC2c2ccc(Cl)c(Cl)c2)CC1. The molecule has 0 bridgehead atoms. The molecular weight excluding hydrogens is 391 g/mol. The van der Waals surface area contributed by atoms with Crippen molar-refractivity contribution in [1.29, 1.82) is 0 Å². The van der Waals surface area contributed by atoms with Crippen LogP contribution < -0.4 is 5.32 Å². The lowest BCUT2D eigenvalue weighted by Gasteiger charge is -2.43. The van der Waals surface area contributed by atoms with Crippen LogP contribution in [0, 0.1) is 5.92 Å². The summed E-state index contributed by atoms with van der Waals surface area (Å²) in [5.74, 6) is 1.31. The zero-order valence-corrected chi connectivity index (χ0v) is 17.6. The van der Waals surface area contributed by atoms with Gasteiger partial charge in [0, 0.05) is 26.6 Å². The first kappa shape index (κ1) is 19.8. The van der Waals surface area contributed by atoms with Gasteiger partial charge in [-0.3, -0.25) is 4.79 Å². The first-order valence-electron chi connectivity index (χ1n) is 9.98. The van der Waals surface area contributed by atoms with Crippen LogP contribution in [0.25, 0.3) is 0 Å². The fourth-order valence-corrected chi connectivity index (χ4v) is 4.94. The highest BCUT2D eigenvalue weighted by molar-refractivity contribution is 6.42. The number of rotatable bonds is 5. The molecule has 2 unspecified atom stereocenters. The Hall–Kier alpha value is -1.55. The molecule has 1 saturated carbocycles. The van der Waals surface area contributed by atoms with Crippen LogP contribution in [0.2, 0.25) is 10.0 Å². The molecule has 1 amide bonds. The van der Waals surface area contributed by atoms with Gasteiger partial charge in [-0.05, 0) is 54.4 Å². The van der Waals surface area contributed by atoms with Gasteiger partial charge in [-0.15, -0.1) is 0 Å². The van der Waals surface area contributed by atoms with E-state index in [9.17, 15) is 4.79 Å². The summed E-state index contributed by atoms with van der Waals surface area (Å²) in [5.41, 5.74) is 2.27. The molecule has 1 aliphatic carbocycles. The Bertz CT molecular complexity index is 847. The summed E-state index contributed by atoms with van der Waals surface area (Å²) in [6, 6.07) is 16.4. The van der Waals surface area contributed by atoms with Crippen LogP contribution >= 0.6 is 23.2 Å². The molecule has 148 valence electrons. The second-order valence-electron chi connectivity index (χ2n) is 8.21. The molecule has 2 fully saturated rings. The second-order valence-corrected chi connectivity index (χ2v) is 9.02. The van der Waals surface area contributed by atoms with Gasteiger partial charge in [0.05, 0.1) is 15.6 Å². The van der Waals surface area contributed by atoms with E-state index in [1.54, 1.807) is 6.92 Å². The molecule has 2 atom stereocenters.